The number of thiophene rings is 1. The number of para-hydroxylation sites is 1. The maximum absolute atomic E-state index is 6.43. The van der Waals surface area contributed by atoms with Gasteiger partial charge in [-0.1, -0.05) is 24.3 Å². The monoisotopic (exact) mass is 338 g/mol. The molecule has 0 aliphatic carbocycles. The van der Waals surface area contributed by atoms with Crippen LogP contribution in [0, 0.1) is 0 Å². The van der Waals surface area contributed by atoms with Gasteiger partial charge >= 0.3 is 0 Å². The Labute approximate surface area is 139 Å². The van der Waals surface area contributed by atoms with Crippen LogP contribution in [-0.4, -0.2) is 36.6 Å². The minimum absolute atomic E-state index is 0.00321. The fraction of sp³-hybridized carbons (Fsp3) is 0.312. The molecule has 0 fully saturated rings. The topological polar surface area (TPSA) is 15.6 Å². The second-order valence-corrected chi connectivity index (χ2v) is 6.86. The number of benzene rings is 1. The largest absolute Gasteiger partial charge is 0.368 e. The van der Waals surface area contributed by atoms with E-state index in [9.17, 15) is 0 Å². The Morgan fingerprint density at radius 3 is 2.86 bits per heavy atom. The van der Waals surface area contributed by atoms with Crippen LogP contribution < -0.4 is 4.90 Å². The average Bonchev–Trinajstić information content (AvgIpc) is 3.00. The number of anilines is 1. The van der Waals surface area contributed by atoms with Gasteiger partial charge in [0.1, 0.15) is 0 Å². The number of aliphatic imine (C=N–C) groups is 1. The summed E-state index contributed by atoms with van der Waals surface area (Å²) in [7, 11) is 0. The highest BCUT2D eigenvalue weighted by atomic mass is 35.5. The molecule has 3 rings (SSSR count). The predicted octanol–water partition coefficient (Wildman–Crippen LogP) is 4.25. The number of fused-ring (bicyclic) bond motifs is 1. The van der Waals surface area contributed by atoms with Gasteiger partial charge in [0.25, 0.3) is 0 Å². The Morgan fingerprint density at radius 2 is 2.10 bits per heavy atom. The smallest absolute Gasteiger partial charge is 0.0840 e. The molecule has 21 heavy (non-hydrogen) atoms. The third-order valence-corrected chi connectivity index (χ3v) is 4.80. The molecule has 0 saturated carbocycles. The van der Waals surface area contributed by atoms with E-state index in [1.54, 1.807) is 11.3 Å². The van der Waals surface area contributed by atoms with Gasteiger partial charge in [-0.05, 0) is 17.5 Å². The first-order chi connectivity index (χ1) is 10.3. The highest BCUT2D eigenvalue weighted by Crippen LogP contribution is 2.28. The summed E-state index contributed by atoms with van der Waals surface area (Å²) >= 11 is 14.1. The molecule has 0 amide bonds. The number of halogens is 2. The average molecular weight is 339 g/mol. The normalized spacial score (nSPS) is 21.1. The molecule has 0 radical (unpaired) electrons. The van der Waals surface area contributed by atoms with Crippen LogP contribution in [0.5, 0.6) is 0 Å². The van der Waals surface area contributed by atoms with E-state index in [0.717, 1.165) is 30.1 Å². The van der Waals surface area contributed by atoms with Crippen LogP contribution in [0.25, 0.3) is 0 Å². The second-order valence-electron chi connectivity index (χ2n) is 4.92. The Bertz CT molecular complexity index is 625. The van der Waals surface area contributed by atoms with Crippen molar-refractivity contribution in [1.82, 2.24) is 0 Å². The highest BCUT2D eigenvalue weighted by molar-refractivity contribution is 7.12. The van der Waals surface area contributed by atoms with E-state index in [2.05, 4.69) is 46.7 Å². The van der Waals surface area contributed by atoms with Crippen molar-refractivity contribution >= 4 is 45.9 Å². The van der Waals surface area contributed by atoms with Gasteiger partial charge in [0.05, 0.1) is 22.5 Å². The summed E-state index contributed by atoms with van der Waals surface area (Å²) in [5.41, 5.74) is 3.36. The number of hydrogen-bond acceptors (Lipinski definition) is 3. The van der Waals surface area contributed by atoms with Crippen molar-refractivity contribution in [1.29, 1.82) is 0 Å². The van der Waals surface area contributed by atoms with Gasteiger partial charge in [-0.25, -0.2) is 0 Å². The van der Waals surface area contributed by atoms with Crippen LogP contribution in [0.1, 0.15) is 10.4 Å². The molecule has 1 aromatic carbocycles. The lowest BCUT2D eigenvalue weighted by molar-refractivity contribution is 0.758. The Hall–Kier alpha value is -1.03. The molecule has 0 bridgehead atoms. The van der Waals surface area contributed by atoms with Crippen LogP contribution in [0.3, 0.4) is 0 Å². The SMILES string of the molecule is ClCCN1CC(Cl)C/N=C(/c2cccs2)c2ccccc21. The molecule has 1 aliphatic rings. The van der Waals surface area contributed by atoms with Gasteiger partial charge < -0.3 is 4.90 Å². The summed E-state index contributed by atoms with van der Waals surface area (Å²) in [5, 5.41) is 2.07. The molecule has 2 nitrogen and oxygen atoms in total. The van der Waals surface area contributed by atoms with E-state index >= 15 is 0 Å². The second kappa shape index (κ2) is 6.82. The van der Waals surface area contributed by atoms with Gasteiger partial charge in [0.15, 0.2) is 0 Å². The predicted molar refractivity (Wildman–Crippen MR) is 93.8 cm³/mol. The molecule has 0 spiro atoms. The Kier molecular flexibility index (Phi) is 4.84. The van der Waals surface area contributed by atoms with E-state index in [4.69, 9.17) is 28.2 Å². The molecule has 110 valence electrons. The van der Waals surface area contributed by atoms with Gasteiger partial charge in [-0.15, -0.1) is 34.5 Å². The summed E-state index contributed by atoms with van der Waals surface area (Å²) in [6.45, 7) is 2.19. The molecule has 1 atom stereocenters. The lowest BCUT2D eigenvalue weighted by Crippen LogP contribution is -2.35. The summed E-state index contributed by atoms with van der Waals surface area (Å²) in [4.78, 5) is 8.22. The van der Waals surface area contributed by atoms with E-state index in [1.807, 2.05) is 0 Å². The van der Waals surface area contributed by atoms with Gasteiger partial charge in [0, 0.05) is 30.2 Å². The van der Waals surface area contributed by atoms with Gasteiger partial charge in [0.2, 0.25) is 0 Å². The first-order valence-electron chi connectivity index (χ1n) is 6.92. The van der Waals surface area contributed by atoms with Crippen LogP contribution >= 0.6 is 34.5 Å². The number of hydrogen-bond donors (Lipinski definition) is 0. The number of rotatable bonds is 3. The van der Waals surface area contributed by atoms with E-state index < -0.39 is 0 Å². The fourth-order valence-corrected chi connectivity index (χ4v) is 3.74. The van der Waals surface area contributed by atoms with E-state index in [0.29, 0.717) is 12.4 Å². The van der Waals surface area contributed by atoms with Crippen LogP contribution in [0.2, 0.25) is 0 Å². The van der Waals surface area contributed by atoms with Crippen molar-refractivity contribution in [2.75, 3.05) is 30.4 Å². The van der Waals surface area contributed by atoms with Gasteiger partial charge in [-0.3, -0.25) is 4.99 Å². The molecule has 2 aromatic rings. The van der Waals surface area contributed by atoms with Crippen molar-refractivity contribution in [2.45, 2.75) is 5.38 Å². The van der Waals surface area contributed by atoms with E-state index in [1.165, 1.54) is 4.88 Å². The van der Waals surface area contributed by atoms with Crippen LogP contribution in [-0.2, 0) is 0 Å². The molecule has 2 heterocycles. The third-order valence-electron chi connectivity index (χ3n) is 3.47. The molecule has 5 heteroatoms. The molecular formula is C16H16Cl2N2S. The summed E-state index contributed by atoms with van der Waals surface area (Å²) < 4.78 is 0. The Balaban J connectivity index is 2.11. The molecule has 1 aliphatic heterocycles. The summed E-state index contributed by atoms with van der Waals surface area (Å²) in [5.74, 6) is 0.587. The molecule has 1 aromatic heterocycles. The first kappa shape index (κ1) is 14.9. The standard InChI is InChI=1S/C16H16Cl2N2S/c17-7-8-20-11-12(18)10-19-16(15-6-3-9-21-15)13-4-1-2-5-14(13)20/h1-6,9,12H,7-8,10-11H2/b19-16+. The maximum Gasteiger partial charge on any atom is 0.0840 e. The minimum Gasteiger partial charge on any atom is -0.368 e. The van der Waals surface area contributed by atoms with Crippen molar-refractivity contribution in [3.05, 3.63) is 52.2 Å². The summed E-state index contributed by atoms with van der Waals surface area (Å²) in [6, 6.07) is 12.5. The minimum atomic E-state index is -0.00321. The molecule has 1 unspecified atom stereocenters. The lowest BCUT2D eigenvalue weighted by atomic mass is 10.0. The Morgan fingerprint density at radius 1 is 1.24 bits per heavy atom. The third kappa shape index (κ3) is 3.25. The van der Waals surface area contributed by atoms with Gasteiger partial charge in [-0.2, -0.15) is 0 Å². The highest BCUT2D eigenvalue weighted by Gasteiger charge is 2.21. The lowest BCUT2D eigenvalue weighted by Gasteiger charge is -2.30. The molecule has 0 N–H and O–H groups in total. The summed E-state index contributed by atoms with van der Waals surface area (Å²) in [6.07, 6.45) is 0. The quantitative estimate of drug-likeness (QED) is 0.763. The zero-order valence-corrected chi connectivity index (χ0v) is 13.8. The zero-order valence-electron chi connectivity index (χ0n) is 11.5. The zero-order chi connectivity index (χ0) is 14.7. The van der Waals surface area contributed by atoms with Crippen molar-refractivity contribution in [3.63, 3.8) is 0 Å². The van der Waals surface area contributed by atoms with Crippen molar-refractivity contribution < 1.29 is 0 Å². The fourth-order valence-electron chi connectivity index (χ4n) is 2.56. The molecule has 0 saturated heterocycles. The van der Waals surface area contributed by atoms with E-state index in [-0.39, 0.29) is 5.38 Å². The van der Waals surface area contributed by atoms with Crippen LogP contribution in [0.15, 0.2) is 46.8 Å². The van der Waals surface area contributed by atoms with Crippen molar-refractivity contribution in [2.24, 2.45) is 4.99 Å². The number of alkyl halides is 2. The maximum atomic E-state index is 6.43. The molecular weight excluding hydrogens is 323 g/mol. The first-order valence-corrected chi connectivity index (χ1v) is 8.77. The number of nitrogens with zero attached hydrogens (tertiary/aromatic N) is 2. The van der Waals surface area contributed by atoms with Crippen molar-refractivity contribution in [3.8, 4) is 0 Å². The van der Waals surface area contributed by atoms with Crippen LogP contribution in [0.4, 0.5) is 5.69 Å².